The van der Waals surface area contributed by atoms with Crippen molar-refractivity contribution >= 4 is 23.7 Å². The van der Waals surface area contributed by atoms with Crippen LogP contribution in [0.4, 0.5) is 0 Å². The lowest BCUT2D eigenvalue weighted by molar-refractivity contribution is -0.144. The number of amides is 3. The zero-order valence-corrected chi connectivity index (χ0v) is 14.9. The Morgan fingerprint density at radius 1 is 1.00 bits per heavy atom. The fraction of sp³-hybridized carbons (Fsp3) is 0.733. The molecular formula is C15H27N3O6. The number of carbonyl (C=O) groups excluding carboxylic acids is 4. The molecule has 0 aromatic rings. The van der Waals surface area contributed by atoms with Crippen LogP contribution in [0, 0.1) is 0 Å². The summed E-state index contributed by atoms with van der Waals surface area (Å²) >= 11 is 0. The molecule has 0 spiro atoms. The van der Waals surface area contributed by atoms with Crippen molar-refractivity contribution in [2.24, 2.45) is 0 Å². The van der Waals surface area contributed by atoms with Crippen LogP contribution in [0.1, 0.15) is 41.0 Å². The first-order valence-corrected chi connectivity index (χ1v) is 7.55. The van der Waals surface area contributed by atoms with Crippen LogP contribution in [0.3, 0.4) is 0 Å². The van der Waals surface area contributed by atoms with E-state index in [1.54, 1.807) is 0 Å². The number of esters is 1. The second kappa shape index (κ2) is 9.21. The normalized spacial score (nSPS) is 14.8. The fourth-order valence-electron chi connectivity index (χ4n) is 1.91. The van der Waals surface area contributed by atoms with Crippen LogP contribution >= 0.6 is 0 Å². The average Bonchev–Trinajstić information content (AvgIpc) is 2.43. The molecule has 0 unspecified atom stereocenters. The quantitative estimate of drug-likeness (QED) is 0.410. The van der Waals surface area contributed by atoms with Gasteiger partial charge in [-0.2, -0.15) is 0 Å². The zero-order valence-electron chi connectivity index (χ0n) is 14.9. The second-order valence-electron chi connectivity index (χ2n) is 6.25. The van der Waals surface area contributed by atoms with E-state index in [1.807, 2.05) is 0 Å². The van der Waals surface area contributed by atoms with E-state index in [9.17, 15) is 24.3 Å². The van der Waals surface area contributed by atoms with Gasteiger partial charge in [0, 0.05) is 13.3 Å². The molecule has 24 heavy (non-hydrogen) atoms. The number of ether oxygens (including phenoxy) is 1. The fourth-order valence-corrected chi connectivity index (χ4v) is 1.91. The molecule has 0 heterocycles. The smallest absolute Gasteiger partial charge is 0.328 e. The highest BCUT2D eigenvalue weighted by Gasteiger charge is 2.29. The molecule has 0 bridgehead atoms. The number of nitrogens with one attached hydrogen (secondary N) is 3. The standard InChI is InChI=1S/C15H27N3O6/c1-8(12(20)17-9(2)14(22)24-6)16-13(21)11(18-10(3)19)7-15(4,5)23/h8-9,11,23H,7H2,1-6H3,(H,16,21)(H,17,20)(H,18,19)/t8-,9-,11+/m0/s1. The molecule has 9 heteroatoms. The van der Waals surface area contributed by atoms with Crippen LogP contribution in [0.2, 0.25) is 0 Å². The molecule has 0 saturated carbocycles. The minimum absolute atomic E-state index is 0.0225. The minimum atomic E-state index is -1.19. The maximum atomic E-state index is 12.2. The Morgan fingerprint density at radius 2 is 1.50 bits per heavy atom. The summed E-state index contributed by atoms with van der Waals surface area (Å²) in [6.45, 7) is 7.14. The van der Waals surface area contributed by atoms with E-state index < -0.39 is 47.4 Å². The van der Waals surface area contributed by atoms with Crippen LogP contribution in [-0.2, 0) is 23.9 Å². The monoisotopic (exact) mass is 345 g/mol. The molecule has 3 amide bonds. The molecule has 0 fully saturated rings. The van der Waals surface area contributed by atoms with Gasteiger partial charge in [-0.15, -0.1) is 0 Å². The van der Waals surface area contributed by atoms with Crippen molar-refractivity contribution in [3.63, 3.8) is 0 Å². The summed E-state index contributed by atoms with van der Waals surface area (Å²) in [7, 11) is 1.20. The maximum absolute atomic E-state index is 12.2. The van der Waals surface area contributed by atoms with Crippen molar-refractivity contribution in [2.75, 3.05) is 7.11 Å². The number of aliphatic hydroxyl groups is 1. The molecule has 3 atom stereocenters. The lowest BCUT2D eigenvalue weighted by Crippen LogP contribution is -2.55. The van der Waals surface area contributed by atoms with E-state index in [0.29, 0.717) is 0 Å². The molecule has 0 rings (SSSR count). The molecule has 0 aromatic carbocycles. The summed E-state index contributed by atoms with van der Waals surface area (Å²) in [5.41, 5.74) is -1.19. The Balaban J connectivity index is 4.80. The van der Waals surface area contributed by atoms with Gasteiger partial charge in [0.1, 0.15) is 18.1 Å². The first-order valence-electron chi connectivity index (χ1n) is 7.55. The predicted molar refractivity (Wildman–Crippen MR) is 85.7 cm³/mol. The molecule has 4 N–H and O–H groups in total. The van der Waals surface area contributed by atoms with Gasteiger partial charge < -0.3 is 25.8 Å². The van der Waals surface area contributed by atoms with Crippen molar-refractivity contribution in [1.82, 2.24) is 16.0 Å². The maximum Gasteiger partial charge on any atom is 0.328 e. The molecule has 9 nitrogen and oxygen atoms in total. The molecule has 0 radical (unpaired) electrons. The topological polar surface area (TPSA) is 134 Å². The summed E-state index contributed by atoms with van der Waals surface area (Å²) in [6, 6.07) is -2.79. The second-order valence-corrected chi connectivity index (χ2v) is 6.25. The molecule has 0 aliphatic rings. The summed E-state index contributed by atoms with van der Waals surface area (Å²) in [4.78, 5) is 46.7. The first-order chi connectivity index (χ1) is 10.9. The van der Waals surface area contributed by atoms with Gasteiger partial charge in [-0.3, -0.25) is 14.4 Å². The summed E-state index contributed by atoms with van der Waals surface area (Å²) in [5, 5.41) is 17.1. The highest BCUT2D eigenvalue weighted by molar-refractivity contribution is 5.93. The van der Waals surface area contributed by atoms with Crippen LogP contribution < -0.4 is 16.0 Å². The Labute approximate surface area is 141 Å². The van der Waals surface area contributed by atoms with Gasteiger partial charge in [0.15, 0.2) is 0 Å². The summed E-state index contributed by atoms with van der Waals surface area (Å²) in [5.74, 6) is -2.23. The summed E-state index contributed by atoms with van der Waals surface area (Å²) in [6.07, 6.45) is -0.0225. The van der Waals surface area contributed by atoms with Crippen molar-refractivity contribution in [3.05, 3.63) is 0 Å². The lowest BCUT2D eigenvalue weighted by atomic mass is 9.98. The van der Waals surface area contributed by atoms with Gasteiger partial charge in [-0.25, -0.2) is 4.79 Å². The Hall–Kier alpha value is -2.16. The molecule has 138 valence electrons. The van der Waals surface area contributed by atoms with Gasteiger partial charge in [-0.05, 0) is 27.7 Å². The van der Waals surface area contributed by atoms with E-state index in [2.05, 4.69) is 20.7 Å². The highest BCUT2D eigenvalue weighted by Crippen LogP contribution is 2.11. The molecular weight excluding hydrogens is 318 g/mol. The number of carbonyl (C=O) groups is 4. The molecule has 0 aliphatic carbocycles. The van der Waals surface area contributed by atoms with E-state index in [-0.39, 0.29) is 6.42 Å². The average molecular weight is 345 g/mol. The molecule has 0 saturated heterocycles. The van der Waals surface area contributed by atoms with Gasteiger partial charge in [0.05, 0.1) is 12.7 Å². The van der Waals surface area contributed by atoms with Crippen LogP contribution in [0.5, 0.6) is 0 Å². The van der Waals surface area contributed by atoms with Gasteiger partial charge in [-0.1, -0.05) is 0 Å². The van der Waals surface area contributed by atoms with Gasteiger partial charge >= 0.3 is 5.97 Å². The summed E-state index contributed by atoms with van der Waals surface area (Å²) < 4.78 is 4.49. The van der Waals surface area contributed by atoms with Gasteiger partial charge in [0.25, 0.3) is 0 Å². The van der Waals surface area contributed by atoms with Crippen molar-refractivity contribution in [3.8, 4) is 0 Å². The van der Waals surface area contributed by atoms with Gasteiger partial charge in [0.2, 0.25) is 17.7 Å². The third-order valence-electron chi connectivity index (χ3n) is 3.06. The lowest BCUT2D eigenvalue weighted by Gasteiger charge is -2.26. The third kappa shape index (κ3) is 8.47. The minimum Gasteiger partial charge on any atom is -0.467 e. The Bertz CT molecular complexity index is 486. The third-order valence-corrected chi connectivity index (χ3v) is 3.06. The van der Waals surface area contributed by atoms with Crippen LogP contribution in [-0.4, -0.2) is 59.6 Å². The molecule has 0 aromatic heterocycles. The largest absolute Gasteiger partial charge is 0.467 e. The van der Waals surface area contributed by atoms with Crippen molar-refractivity contribution in [1.29, 1.82) is 0 Å². The zero-order chi connectivity index (χ0) is 19.1. The number of hydrogen-bond acceptors (Lipinski definition) is 6. The van der Waals surface area contributed by atoms with Crippen molar-refractivity contribution < 1.29 is 29.0 Å². The van der Waals surface area contributed by atoms with E-state index >= 15 is 0 Å². The predicted octanol–water partition coefficient (Wildman–Crippen LogP) is -1.17. The van der Waals surface area contributed by atoms with Crippen LogP contribution in [0.25, 0.3) is 0 Å². The number of hydrogen-bond donors (Lipinski definition) is 4. The SMILES string of the molecule is COC(=O)[C@H](C)NC(=O)[C@H](C)NC(=O)[C@@H](CC(C)(C)O)NC(C)=O. The highest BCUT2D eigenvalue weighted by atomic mass is 16.5. The Morgan fingerprint density at radius 3 is 1.92 bits per heavy atom. The number of rotatable bonds is 8. The van der Waals surface area contributed by atoms with E-state index in [4.69, 9.17) is 0 Å². The van der Waals surface area contributed by atoms with E-state index in [0.717, 1.165) is 0 Å². The first kappa shape index (κ1) is 21.8. The number of methoxy groups -OCH3 is 1. The van der Waals surface area contributed by atoms with Crippen molar-refractivity contribution in [2.45, 2.75) is 64.8 Å². The van der Waals surface area contributed by atoms with Crippen LogP contribution in [0.15, 0.2) is 0 Å². The Kier molecular flexibility index (Phi) is 8.38. The van der Waals surface area contributed by atoms with E-state index in [1.165, 1.54) is 41.7 Å². The molecule has 0 aliphatic heterocycles.